The molecule has 0 fully saturated rings. The first-order chi connectivity index (χ1) is 10.3. The molecule has 0 aromatic heterocycles. The van der Waals surface area contributed by atoms with Gasteiger partial charge in [0.25, 0.3) is 0 Å². The highest BCUT2D eigenvalue weighted by Crippen LogP contribution is 2.37. The van der Waals surface area contributed by atoms with Crippen molar-refractivity contribution in [3.8, 4) is 5.75 Å². The van der Waals surface area contributed by atoms with E-state index in [9.17, 15) is 20.4 Å². The fourth-order valence-corrected chi connectivity index (χ4v) is 3.04. The lowest BCUT2D eigenvalue weighted by atomic mass is 9.75. The van der Waals surface area contributed by atoms with Crippen LogP contribution in [0.2, 0.25) is 0 Å². The van der Waals surface area contributed by atoms with Gasteiger partial charge in [-0.15, -0.1) is 0 Å². The zero-order chi connectivity index (χ0) is 16.5. The summed E-state index contributed by atoms with van der Waals surface area (Å²) in [6.07, 6.45) is 4.13. The summed E-state index contributed by atoms with van der Waals surface area (Å²) in [5.74, 6) is -0.297. The summed E-state index contributed by atoms with van der Waals surface area (Å²) < 4.78 is 0. The van der Waals surface area contributed by atoms with E-state index in [0.717, 1.165) is 16.7 Å². The van der Waals surface area contributed by atoms with Gasteiger partial charge in [0.2, 0.25) is 0 Å². The van der Waals surface area contributed by atoms with Crippen molar-refractivity contribution in [1.29, 1.82) is 0 Å². The summed E-state index contributed by atoms with van der Waals surface area (Å²) >= 11 is 0. The molecular formula is C18H24O4. The van der Waals surface area contributed by atoms with Crippen LogP contribution in [0.1, 0.15) is 30.5 Å². The van der Waals surface area contributed by atoms with Gasteiger partial charge in [-0.3, -0.25) is 0 Å². The Bertz CT molecular complexity index is 626. The van der Waals surface area contributed by atoms with Crippen LogP contribution in [0, 0.1) is 12.8 Å². The van der Waals surface area contributed by atoms with Crippen molar-refractivity contribution in [2.75, 3.05) is 6.61 Å². The maximum Gasteiger partial charge on any atom is 0.124 e. The first-order valence-corrected chi connectivity index (χ1v) is 7.44. The molecule has 0 radical (unpaired) electrons. The number of hydrogen-bond donors (Lipinski definition) is 4. The van der Waals surface area contributed by atoms with Gasteiger partial charge < -0.3 is 20.4 Å². The van der Waals surface area contributed by atoms with Crippen LogP contribution < -0.4 is 0 Å². The highest BCUT2D eigenvalue weighted by Gasteiger charge is 2.36. The molecule has 4 N–H and O–H groups in total. The predicted molar refractivity (Wildman–Crippen MR) is 85.5 cm³/mol. The predicted octanol–water partition coefficient (Wildman–Crippen LogP) is 1.98. The Balaban J connectivity index is 2.42. The number of aliphatic hydroxyl groups is 3. The van der Waals surface area contributed by atoms with E-state index in [-0.39, 0.29) is 24.9 Å². The Morgan fingerprint density at radius 3 is 2.36 bits per heavy atom. The zero-order valence-corrected chi connectivity index (χ0v) is 13.3. The number of aliphatic hydroxyl groups excluding tert-OH is 2. The minimum absolute atomic E-state index is 0.0672. The second kappa shape index (κ2) is 6.24. The Hall–Kier alpha value is -1.62. The highest BCUT2D eigenvalue weighted by atomic mass is 16.3. The van der Waals surface area contributed by atoms with E-state index in [0.29, 0.717) is 17.5 Å². The number of benzene rings is 1. The molecule has 2 rings (SSSR count). The second-order valence-electron chi connectivity index (χ2n) is 6.28. The van der Waals surface area contributed by atoms with Crippen molar-refractivity contribution in [2.45, 2.75) is 39.4 Å². The average Bonchev–Trinajstić information content (AvgIpc) is 2.45. The Morgan fingerprint density at radius 2 is 1.77 bits per heavy atom. The number of hydrogen-bond acceptors (Lipinski definition) is 4. The molecule has 4 heteroatoms. The lowest BCUT2D eigenvalue weighted by Gasteiger charge is -2.36. The van der Waals surface area contributed by atoms with Crippen molar-refractivity contribution in [3.05, 3.63) is 52.1 Å². The standard InChI is InChI=1S/C18H24O4/c1-11-4-13(17(21)14(5-11)9-19)8-15-6-12(2)7-16(10-20)18(15,3)22/h4-7,16,19-22H,8-10H2,1-3H3. The molecule has 2 atom stereocenters. The minimum atomic E-state index is -1.16. The fraction of sp³-hybridized carbons (Fsp3) is 0.444. The molecule has 0 heterocycles. The van der Waals surface area contributed by atoms with Crippen molar-refractivity contribution in [2.24, 2.45) is 5.92 Å². The van der Waals surface area contributed by atoms with Crippen LogP contribution in [0.5, 0.6) is 5.75 Å². The van der Waals surface area contributed by atoms with Gasteiger partial charge in [0.05, 0.1) is 18.8 Å². The lowest BCUT2D eigenvalue weighted by Crippen LogP contribution is -2.40. The van der Waals surface area contributed by atoms with Crippen molar-refractivity contribution >= 4 is 0 Å². The molecule has 0 saturated heterocycles. The molecule has 0 amide bonds. The van der Waals surface area contributed by atoms with Crippen molar-refractivity contribution in [3.63, 3.8) is 0 Å². The van der Waals surface area contributed by atoms with Crippen LogP contribution in [0.3, 0.4) is 0 Å². The summed E-state index contributed by atoms with van der Waals surface area (Å²) in [6, 6.07) is 3.60. The first kappa shape index (κ1) is 16.7. The molecule has 0 saturated carbocycles. The molecule has 1 aromatic carbocycles. The zero-order valence-electron chi connectivity index (χ0n) is 13.3. The number of aromatic hydroxyl groups is 1. The number of phenols is 1. The van der Waals surface area contributed by atoms with Crippen LogP contribution >= 0.6 is 0 Å². The second-order valence-corrected chi connectivity index (χ2v) is 6.28. The molecule has 1 aliphatic rings. The van der Waals surface area contributed by atoms with E-state index < -0.39 is 5.60 Å². The Labute approximate surface area is 131 Å². The van der Waals surface area contributed by atoms with Crippen LogP contribution in [0.4, 0.5) is 0 Å². The van der Waals surface area contributed by atoms with E-state index in [1.54, 1.807) is 13.0 Å². The molecule has 120 valence electrons. The third-order valence-corrected chi connectivity index (χ3v) is 4.40. The SMILES string of the molecule is CC1=CC(CO)C(C)(O)C(Cc2cc(C)cc(CO)c2O)=C1. The first-order valence-electron chi connectivity index (χ1n) is 7.44. The Morgan fingerprint density at radius 1 is 1.14 bits per heavy atom. The summed E-state index contributed by atoms with van der Waals surface area (Å²) in [7, 11) is 0. The third kappa shape index (κ3) is 3.09. The number of rotatable bonds is 4. The molecule has 0 aliphatic heterocycles. The van der Waals surface area contributed by atoms with Crippen LogP contribution in [-0.2, 0) is 13.0 Å². The maximum atomic E-state index is 10.8. The van der Waals surface area contributed by atoms with E-state index in [1.165, 1.54) is 0 Å². The van der Waals surface area contributed by atoms with E-state index >= 15 is 0 Å². The molecule has 0 bridgehead atoms. The number of allylic oxidation sites excluding steroid dienone is 2. The molecular weight excluding hydrogens is 280 g/mol. The Kier molecular flexibility index (Phi) is 4.75. The third-order valence-electron chi connectivity index (χ3n) is 4.40. The largest absolute Gasteiger partial charge is 0.507 e. The van der Waals surface area contributed by atoms with Gasteiger partial charge in [0, 0.05) is 17.9 Å². The van der Waals surface area contributed by atoms with Gasteiger partial charge in [-0.2, -0.15) is 0 Å². The van der Waals surface area contributed by atoms with E-state index in [4.69, 9.17) is 0 Å². The van der Waals surface area contributed by atoms with Crippen molar-refractivity contribution < 1.29 is 20.4 Å². The van der Waals surface area contributed by atoms with Crippen LogP contribution in [0.25, 0.3) is 0 Å². The average molecular weight is 304 g/mol. The van der Waals surface area contributed by atoms with Gasteiger partial charge in [0.1, 0.15) is 5.75 Å². The molecule has 0 spiro atoms. The quantitative estimate of drug-likeness (QED) is 0.686. The maximum absolute atomic E-state index is 10.8. The monoisotopic (exact) mass is 304 g/mol. The van der Waals surface area contributed by atoms with Crippen molar-refractivity contribution in [1.82, 2.24) is 0 Å². The summed E-state index contributed by atoms with van der Waals surface area (Å²) in [4.78, 5) is 0. The van der Waals surface area contributed by atoms with E-state index in [2.05, 4.69) is 0 Å². The lowest BCUT2D eigenvalue weighted by molar-refractivity contribution is 0.0246. The molecule has 22 heavy (non-hydrogen) atoms. The topological polar surface area (TPSA) is 80.9 Å². The van der Waals surface area contributed by atoms with Gasteiger partial charge in [0.15, 0.2) is 0 Å². The van der Waals surface area contributed by atoms with E-state index in [1.807, 2.05) is 32.1 Å². The number of aryl methyl sites for hydroxylation is 1. The highest BCUT2D eigenvalue weighted by molar-refractivity contribution is 5.47. The molecule has 2 unspecified atom stereocenters. The van der Waals surface area contributed by atoms with Crippen LogP contribution in [0.15, 0.2) is 35.4 Å². The van der Waals surface area contributed by atoms with Crippen LogP contribution in [-0.4, -0.2) is 32.6 Å². The summed E-state index contributed by atoms with van der Waals surface area (Å²) in [6.45, 7) is 5.14. The fourth-order valence-electron chi connectivity index (χ4n) is 3.04. The minimum Gasteiger partial charge on any atom is -0.507 e. The van der Waals surface area contributed by atoms with Gasteiger partial charge in [-0.25, -0.2) is 0 Å². The normalized spacial score (nSPS) is 24.9. The van der Waals surface area contributed by atoms with Gasteiger partial charge >= 0.3 is 0 Å². The van der Waals surface area contributed by atoms with Gasteiger partial charge in [-0.1, -0.05) is 35.4 Å². The smallest absolute Gasteiger partial charge is 0.124 e. The summed E-state index contributed by atoms with van der Waals surface area (Å²) in [5, 5.41) is 39.9. The van der Waals surface area contributed by atoms with Gasteiger partial charge in [-0.05, 0) is 31.9 Å². The molecule has 1 aromatic rings. The molecule has 1 aliphatic carbocycles. The molecule has 4 nitrogen and oxygen atoms in total. The summed E-state index contributed by atoms with van der Waals surface area (Å²) in [5.41, 5.74) is 2.66.